The van der Waals surface area contributed by atoms with E-state index in [4.69, 9.17) is 50.8 Å². The van der Waals surface area contributed by atoms with Crippen molar-refractivity contribution < 1.29 is 52.1 Å². The van der Waals surface area contributed by atoms with Gasteiger partial charge in [0.15, 0.2) is 35.1 Å². The third-order valence-electron chi connectivity index (χ3n) is 7.31. The second kappa shape index (κ2) is 11.1. The van der Waals surface area contributed by atoms with E-state index in [0.717, 1.165) is 10.9 Å². The van der Waals surface area contributed by atoms with Crippen molar-refractivity contribution >= 4 is 60.4 Å². The third kappa shape index (κ3) is 5.44. The molecule has 0 spiro atoms. The summed E-state index contributed by atoms with van der Waals surface area (Å²) in [6.07, 6.45) is -8.47. The number of imidazole rings is 2. The first kappa shape index (κ1) is 30.6. The van der Waals surface area contributed by atoms with Crippen LogP contribution < -0.4 is 21.9 Å². The molecule has 0 amide bonds. The van der Waals surface area contributed by atoms with E-state index in [1.807, 2.05) is 0 Å². The molecule has 4 aromatic heterocycles. The number of aromatic amines is 1. The first-order chi connectivity index (χ1) is 21.3. The van der Waals surface area contributed by atoms with E-state index in [9.17, 15) is 29.4 Å². The topological polar surface area (TPSA) is 315 Å². The molecule has 3 aliphatic rings. The number of nitrogen functional groups attached to an aromatic ring is 2. The standard InChI is InChI=1S/C20H24N10O12P2S/c21-14-8-15(24-3-23-14)29(4-25-8)18-11(32)12-7(40-18)2-37-43(34,35)41-13-10(31)6(1-38-44(36,45)42-12)39-19(13)30-5-26-9-16(30)27-20(22)28-17(9)33/h3-7,10-13,18-19,31-32H,1-2H2,(H,34,35)(H,36,45)(H2,21,23,24)(H3,22,27,28,33)/p-1/t6-,7-,10-,11-,12-,13-,18-,19-,44?/m1/s1. The molecule has 3 fully saturated rings. The van der Waals surface area contributed by atoms with Crippen LogP contribution in [0, 0.1) is 0 Å². The quantitative estimate of drug-likeness (QED) is 0.115. The summed E-state index contributed by atoms with van der Waals surface area (Å²) in [4.78, 5) is 58.7. The van der Waals surface area contributed by atoms with Crippen LogP contribution in [-0.4, -0.2) is 104 Å². The van der Waals surface area contributed by atoms with Crippen LogP contribution in [0.3, 0.4) is 0 Å². The first-order valence-corrected chi connectivity index (χ1v) is 17.0. The Hall–Kier alpha value is -3.02. The van der Waals surface area contributed by atoms with Gasteiger partial charge in [-0.05, 0) is 0 Å². The van der Waals surface area contributed by atoms with Crippen LogP contribution in [0.15, 0.2) is 23.8 Å². The van der Waals surface area contributed by atoms with Gasteiger partial charge in [-0.3, -0.25) is 28.0 Å². The van der Waals surface area contributed by atoms with Crippen LogP contribution in [0.2, 0.25) is 0 Å². The number of aliphatic hydroxyl groups excluding tert-OH is 2. The predicted molar refractivity (Wildman–Crippen MR) is 148 cm³/mol. The first-order valence-electron chi connectivity index (χ1n) is 12.9. The highest BCUT2D eigenvalue weighted by atomic mass is 32.5. The van der Waals surface area contributed by atoms with Gasteiger partial charge in [-0.15, -0.1) is 0 Å². The normalized spacial score (nSPS) is 37.7. The Bertz CT molecular complexity index is 1940. The Balaban J connectivity index is 1.21. The minimum absolute atomic E-state index is 0.0577. The molecule has 2 bridgehead atoms. The predicted octanol–water partition coefficient (Wildman–Crippen LogP) is -2.86. The summed E-state index contributed by atoms with van der Waals surface area (Å²) >= 11 is 5.06. The van der Waals surface area contributed by atoms with Crippen LogP contribution in [-0.2, 0) is 43.9 Å². The number of nitrogens with two attached hydrogens (primary N) is 2. The molecule has 4 aromatic rings. The highest BCUT2D eigenvalue weighted by Crippen LogP contribution is 2.52. The van der Waals surface area contributed by atoms with E-state index in [1.165, 1.54) is 17.2 Å². The molecule has 0 saturated carbocycles. The van der Waals surface area contributed by atoms with Crippen LogP contribution >= 0.6 is 14.5 Å². The molecule has 242 valence electrons. The third-order valence-corrected chi connectivity index (χ3v) is 9.84. The van der Waals surface area contributed by atoms with Gasteiger partial charge >= 0.3 is 7.82 Å². The lowest BCUT2D eigenvalue weighted by atomic mass is 10.1. The van der Waals surface area contributed by atoms with Gasteiger partial charge in [0.2, 0.25) is 5.95 Å². The van der Waals surface area contributed by atoms with Gasteiger partial charge in [0.05, 0.1) is 25.9 Å². The van der Waals surface area contributed by atoms with E-state index in [0.29, 0.717) is 0 Å². The van der Waals surface area contributed by atoms with Crippen LogP contribution in [0.5, 0.6) is 0 Å². The number of H-pyrrole nitrogens is 1. The van der Waals surface area contributed by atoms with E-state index in [-0.39, 0.29) is 34.1 Å². The molecule has 0 aromatic carbocycles. The molecule has 0 radical (unpaired) electrons. The van der Waals surface area contributed by atoms with Crippen molar-refractivity contribution in [3.05, 3.63) is 29.3 Å². The summed E-state index contributed by atoms with van der Waals surface area (Å²) < 4.78 is 48.8. The fourth-order valence-corrected chi connectivity index (χ4v) is 7.65. The minimum Gasteiger partial charge on any atom is -0.780 e. The number of phosphoric ester groups is 1. The van der Waals surface area contributed by atoms with Crippen LogP contribution in [0.4, 0.5) is 11.8 Å². The SMILES string of the molecule is Nc1nc2c(ncn2[C@@H]2O[C@@H]3COP([O-])(=S)O[C@H]4[C@@H](O)[C@H](n5cnc6c(N)ncnc65)O[C@@H]4COP(=O)(O)O[C@@H]2[C@@H]3O)c(=O)[nH]1. The summed E-state index contributed by atoms with van der Waals surface area (Å²) in [6, 6.07) is 0. The highest BCUT2D eigenvalue weighted by molar-refractivity contribution is 8.06. The number of ether oxygens (including phenoxy) is 2. The molecule has 7 rings (SSSR count). The van der Waals surface area contributed by atoms with E-state index in [2.05, 4.69) is 29.9 Å². The van der Waals surface area contributed by atoms with Gasteiger partial charge < -0.3 is 50.0 Å². The lowest BCUT2D eigenvalue weighted by Gasteiger charge is -2.33. The smallest absolute Gasteiger partial charge is 0.472 e. The van der Waals surface area contributed by atoms with Gasteiger partial charge in [-0.1, -0.05) is 11.8 Å². The molecule has 0 aliphatic carbocycles. The Labute approximate surface area is 254 Å². The zero-order valence-electron chi connectivity index (χ0n) is 22.4. The van der Waals surface area contributed by atoms with E-state index >= 15 is 0 Å². The summed E-state index contributed by atoms with van der Waals surface area (Å²) in [5, 5.41) is 22.2. The number of hydrogen-bond donors (Lipinski definition) is 6. The fraction of sp³-hybridized carbons (Fsp3) is 0.500. The minimum atomic E-state index is -5.08. The Morgan fingerprint density at radius 1 is 0.933 bits per heavy atom. The fourth-order valence-electron chi connectivity index (χ4n) is 5.29. The number of nitrogens with zero attached hydrogens (tertiary/aromatic N) is 7. The molecule has 7 heterocycles. The molecule has 3 saturated heterocycles. The van der Waals surface area contributed by atoms with Crippen molar-refractivity contribution in [3.8, 4) is 0 Å². The highest BCUT2D eigenvalue weighted by Gasteiger charge is 2.52. The maximum Gasteiger partial charge on any atom is 0.472 e. The van der Waals surface area contributed by atoms with E-state index in [1.54, 1.807) is 0 Å². The average molecular weight is 689 g/mol. The van der Waals surface area contributed by atoms with Gasteiger partial charge in [-0.2, -0.15) is 4.98 Å². The van der Waals surface area contributed by atoms with Crippen molar-refractivity contribution in [2.75, 3.05) is 24.7 Å². The molecule has 8 N–H and O–H groups in total. The van der Waals surface area contributed by atoms with Crippen molar-refractivity contribution in [1.29, 1.82) is 0 Å². The van der Waals surface area contributed by atoms with Gasteiger partial charge in [0.1, 0.15) is 55.2 Å². The summed E-state index contributed by atoms with van der Waals surface area (Å²) in [5.41, 5.74) is 11.0. The molecule has 45 heavy (non-hydrogen) atoms. The maximum absolute atomic E-state index is 13.3. The number of aliphatic hydroxyl groups is 2. The number of phosphoric acid groups is 1. The summed E-state index contributed by atoms with van der Waals surface area (Å²) in [6.45, 7) is -5.92. The number of aromatic nitrogens is 8. The number of hydrogen-bond acceptors (Lipinski definition) is 19. The number of nitrogens with one attached hydrogen (secondary N) is 1. The molecule has 10 atom stereocenters. The largest absolute Gasteiger partial charge is 0.780 e. The Morgan fingerprint density at radius 2 is 1.62 bits per heavy atom. The Morgan fingerprint density at radius 3 is 2.40 bits per heavy atom. The summed E-state index contributed by atoms with van der Waals surface area (Å²) in [7, 11) is -5.08. The molecular formula is C20H23N10O12P2S-. The lowest BCUT2D eigenvalue weighted by Crippen LogP contribution is -2.37. The van der Waals surface area contributed by atoms with Gasteiger partial charge in [-0.25, -0.2) is 24.5 Å². The van der Waals surface area contributed by atoms with Gasteiger partial charge in [0, 0.05) is 0 Å². The second-order valence-electron chi connectivity index (χ2n) is 10.1. The summed E-state index contributed by atoms with van der Waals surface area (Å²) in [5.74, 6) is -0.207. The number of fused-ring (bicyclic) bond motifs is 5. The number of anilines is 2. The molecule has 25 heteroatoms. The monoisotopic (exact) mass is 689 g/mol. The maximum atomic E-state index is 13.3. The van der Waals surface area contributed by atoms with Crippen molar-refractivity contribution in [2.24, 2.45) is 0 Å². The molecule has 3 aliphatic heterocycles. The van der Waals surface area contributed by atoms with Crippen molar-refractivity contribution in [1.82, 2.24) is 39.0 Å². The van der Waals surface area contributed by atoms with Crippen molar-refractivity contribution in [3.63, 3.8) is 0 Å². The molecular weight excluding hydrogens is 666 g/mol. The second-order valence-corrected chi connectivity index (χ2v) is 14.2. The molecule has 2 unspecified atom stereocenters. The lowest BCUT2D eigenvalue weighted by molar-refractivity contribution is -0.217. The average Bonchev–Trinajstić information content (AvgIpc) is 3.72. The van der Waals surface area contributed by atoms with Gasteiger partial charge in [0.25, 0.3) is 5.56 Å². The number of rotatable bonds is 2. The molecule has 22 nitrogen and oxygen atoms in total. The zero-order chi connectivity index (χ0) is 31.8. The Kier molecular flexibility index (Phi) is 7.52. The van der Waals surface area contributed by atoms with Crippen molar-refractivity contribution in [2.45, 2.75) is 49.1 Å². The van der Waals surface area contributed by atoms with Crippen LogP contribution in [0.25, 0.3) is 22.3 Å². The van der Waals surface area contributed by atoms with E-state index < -0.39 is 82.4 Å². The zero-order valence-corrected chi connectivity index (χ0v) is 25.0. The van der Waals surface area contributed by atoms with Crippen LogP contribution in [0.1, 0.15) is 12.5 Å².